The number of hydrogen-bond donors (Lipinski definition) is 1. The highest BCUT2D eigenvalue weighted by molar-refractivity contribution is 5.91. The standard InChI is InChI=1S/C31H31NO9/c1-31(2,3)41-30(36)32-26-25(40-29(35)22-17-11-6-12-18-22)24(39-28(34)21-15-9-5-10-16-21)23(19-37-26)38-27(33)20-13-7-4-8-14-20/h4-18,23-26H,19H2,1-3H3,(H,32,36)/t23-,24+,25-,26-/m1/s1. The molecule has 0 unspecified atom stereocenters. The van der Waals surface area contributed by atoms with Crippen LogP contribution in [-0.2, 0) is 23.7 Å². The van der Waals surface area contributed by atoms with E-state index in [2.05, 4.69) is 5.32 Å². The van der Waals surface area contributed by atoms with E-state index in [1.807, 2.05) is 0 Å². The molecule has 0 bridgehead atoms. The fraction of sp³-hybridized carbons (Fsp3) is 0.290. The molecule has 1 aliphatic heterocycles. The first-order valence-corrected chi connectivity index (χ1v) is 13.0. The van der Waals surface area contributed by atoms with Gasteiger partial charge < -0.3 is 23.7 Å². The summed E-state index contributed by atoms with van der Waals surface area (Å²) >= 11 is 0. The molecule has 0 aliphatic carbocycles. The van der Waals surface area contributed by atoms with Crippen LogP contribution >= 0.6 is 0 Å². The first-order chi connectivity index (χ1) is 19.6. The quantitative estimate of drug-likeness (QED) is 0.327. The summed E-state index contributed by atoms with van der Waals surface area (Å²) < 4.78 is 28.5. The summed E-state index contributed by atoms with van der Waals surface area (Å²) in [4.78, 5) is 52.0. The average molecular weight is 562 g/mol. The molecule has 3 aromatic rings. The molecule has 3 aromatic carbocycles. The molecular weight excluding hydrogens is 530 g/mol. The Labute approximate surface area is 237 Å². The average Bonchev–Trinajstić information content (AvgIpc) is 2.96. The van der Waals surface area contributed by atoms with Crippen molar-refractivity contribution in [2.75, 3.05) is 6.61 Å². The van der Waals surface area contributed by atoms with Gasteiger partial charge in [0.05, 0.1) is 23.3 Å². The number of esters is 3. The van der Waals surface area contributed by atoms with Crippen molar-refractivity contribution in [2.24, 2.45) is 0 Å². The van der Waals surface area contributed by atoms with E-state index in [4.69, 9.17) is 23.7 Å². The Morgan fingerprint density at radius 1 is 0.659 bits per heavy atom. The molecule has 1 aliphatic rings. The van der Waals surface area contributed by atoms with Gasteiger partial charge in [-0.1, -0.05) is 54.6 Å². The first-order valence-electron chi connectivity index (χ1n) is 13.0. The van der Waals surface area contributed by atoms with Crippen LogP contribution in [0.15, 0.2) is 91.0 Å². The Bertz CT molecular complexity index is 1340. The van der Waals surface area contributed by atoms with Crippen molar-refractivity contribution in [1.82, 2.24) is 5.32 Å². The minimum Gasteiger partial charge on any atom is -0.452 e. The SMILES string of the molecule is CC(C)(C)OC(=O)N[C@@H]1OC[C@@H](OC(=O)c2ccccc2)[C@H](OC(=O)c2ccccc2)[C@H]1OC(=O)c1ccccc1. The topological polar surface area (TPSA) is 126 Å². The lowest BCUT2D eigenvalue weighted by Crippen LogP contribution is -2.62. The van der Waals surface area contributed by atoms with Crippen molar-refractivity contribution in [3.05, 3.63) is 108 Å². The van der Waals surface area contributed by atoms with E-state index in [1.54, 1.807) is 112 Å². The molecule has 214 valence electrons. The van der Waals surface area contributed by atoms with Crippen molar-refractivity contribution in [2.45, 2.75) is 50.9 Å². The van der Waals surface area contributed by atoms with Gasteiger partial charge in [0.25, 0.3) is 0 Å². The zero-order chi connectivity index (χ0) is 29.4. The number of nitrogens with one attached hydrogen (secondary N) is 1. The van der Waals surface area contributed by atoms with Gasteiger partial charge in [0.1, 0.15) is 5.60 Å². The van der Waals surface area contributed by atoms with Gasteiger partial charge >= 0.3 is 24.0 Å². The van der Waals surface area contributed by atoms with E-state index in [-0.39, 0.29) is 23.3 Å². The summed E-state index contributed by atoms with van der Waals surface area (Å²) in [6, 6.07) is 24.5. The maximum atomic E-state index is 13.2. The van der Waals surface area contributed by atoms with E-state index < -0.39 is 54.1 Å². The largest absolute Gasteiger partial charge is 0.452 e. The van der Waals surface area contributed by atoms with Gasteiger partial charge in [-0.3, -0.25) is 5.32 Å². The molecule has 1 heterocycles. The van der Waals surface area contributed by atoms with Gasteiger partial charge in [-0.05, 0) is 57.2 Å². The monoisotopic (exact) mass is 561 g/mol. The molecule has 1 saturated heterocycles. The molecule has 1 amide bonds. The zero-order valence-electron chi connectivity index (χ0n) is 22.9. The van der Waals surface area contributed by atoms with Crippen LogP contribution in [-0.4, -0.2) is 60.7 Å². The molecule has 4 atom stereocenters. The molecule has 0 saturated carbocycles. The second kappa shape index (κ2) is 13.1. The van der Waals surface area contributed by atoms with Gasteiger partial charge in [-0.2, -0.15) is 0 Å². The lowest BCUT2D eigenvalue weighted by atomic mass is 10.0. The zero-order valence-corrected chi connectivity index (χ0v) is 22.9. The molecule has 10 nitrogen and oxygen atoms in total. The maximum Gasteiger partial charge on any atom is 0.409 e. The van der Waals surface area contributed by atoms with Crippen LogP contribution in [0.3, 0.4) is 0 Å². The highest BCUT2D eigenvalue weighted by Gasteiger charge is 2.49. The second-order valence-corrected chi connectivity index (χ2v) is 10.2. The van der Waals surface area contributed by atoms with E-state index in [1.165, 1.54) is 0 Å². The number of benzene rings is 3. The molecule has 4 rings (SSSR count). The third-order valence-corrected chi connectivity index (χ3v) is 5.86. The minimum atomic E-state index is -1.43. The number of ether oxygens (including phenoxy) is 5. The molecule has 41 heavy (non-hydrogen) atoms. The van der Waals surface area contributed by atoms with Gasteiger partial charge in [-0.15, -0.1) is 0 Å². The van der Waals surface area contributed by atoms with E-state index in [0.717, 1.165) is 0 Å². The molecule has 0 radical (unpaired) electrons. The van der Waals surface area contributed by atoms with Crippen LogP contribution in [0.1, 0.15) is 51.8 Å². The summed E-state index contributed by atoms with van der Waals surface area (Å²) in [5, 5.41) is 2.54. The van der Waals surface area contributed by atoms with E-state index in [0.29, 0.717) is 0 Å². The smallest absolute Gasteiger partial charge is 0.409 e. The van der Waals surface area contributed by atoms with E-state index in [9.17, 15) is 19.2 Å². The van der Waals surface area contributed by atoms with Crippen LogP contribution in [0.5, 0.6) is 0 Å². The molecular formula is C31H31NO9. The number of rotatable bonds is 7. The van der Waals surface area contributed by atoms with Crippen LogP contribution in [0.2, 0.25) is 0 Å². The molecule has 1 fully saturated rings. The molecule has 0 spiro atoms. The van der Waals surface area contributed by atoms with Crippen LogP contribution in [0, 0.1) is 0 Å². The predicted molar refractivity (Wildman–Crippen MR) is 146 cm³/mol. The summed E-state index contributed by atoms with van der Waals surface area (Å²) in [5.74, 6) is -2.23. The van der Waals surface area contributed by atoms with Crippen molar-refractivity contribution >= 4 is 24.0 Å². The van der Waals surface area contributed by atoms with Crippen LogP contribution in [0.4, 0.5) is 4.79 Å². The number of hydrogen-bond acceptors (Lipinski definition) is 9. The summed E-state index contributed by atoms with van der Waals surface area (Å²) in [7, 11) is 0. The third-order valence-electron chi connectivity index (χ3n) is 5.86. The van der Waals surface area contributed by atoms with Crippen molar-refractivity contribution in [3.63, 3.8) is 0 Å². The molecule has 10 heteroatoms. The number of carbonyl (C=O) groups excluding carboxylic acids is 4. The summed E-state index contributed by atoms with van der Waals surface area (Å²) in [6.07, 6.45) is -6.14. The Morgan fingerprint density at radius 2 is 1.07 bits per heavy atom. The predicted octanol–water partition coefficient (Wildman–Crippen LogP) is 4.54. The van der Waals surface area contributed by atoms with Crippen molar-refractivity contribution < 1.29 is 42.9 Å². The van der Waals surface area contributed by atoms with Gasteiger partial charge in [-0.25, -0.2) is 19.2 Å². The fourth-order valence-corrected chi connectivity index (χ4v) is 4.00. The maximum absolute atomic E-state index is 13.2. The number of amides is 1. The van der Waals surface area contributed by atoms with Crippen LogP contribution in [0.25, 0.3) is 0 Å². The summed E-state index contributed by atoms with van der Waals surface area (Å²) in [6.45, 7) is 4.77. The highest BCUT2D eigenvalue weighted by atomic mass is 16.7. The molecule has 1 N–H and O–H groups in total. The van der Waals surface area contributed by atoms with Gasteiger partial charge in [0, 0.05) is 0 Å². The van der Waals surface area contributed by atoms with Crippen molar-refractivity contribution in [3.8, 4) is 0 Å². The first kappa shape index (κ1) is 29.3. The van der Waals surface area contributed by atoms with Gasteiger partial charge in [0.2, 0.25) is 0 Å². The second-order valence-electron chi connectivity index (χ2n) is 10.2. The lowest BCUT2D eigenvalue weighted by molar-refractivity contribution is -0.195. The third kappa shape index (κ3) is 8.15. The number of carbonyl (C=O) groups is 4. The Balaban J connectivity index is 1.67. The summed E-state index contributed by atoms with van der Waals surface area (Å²) in [5.41, 5.74) is -0.147. The minimum absolute atomic E-state index is 0.208. The normalized spacial score (nSPS) is 20.3. The lowest BCUT2D eigenvalue weighted by Gasteiger charge is -2.41. The fourth-order valence-electron chi connectivity index (χ4n) is 4.00. The van der Waals surface area contributed by atoms with E-state index >= 15 is 0 Å². The molecule has 0 aromatic heterocycles. The van der Waals surface area contributed by atoms with Crippen LogP contribution < -0.4 is 5.32 Å². The number of alkyl carbamates (subject to hydrolysis) is 1. The Hall–Kier alpha value is -4.70. The highest BCUT2D eigenvalue weighted by Crippen LogP contribution is 2.26. The Kier molecular flexibility index (Phi) is 9.36. The Morgan fingerprint density at radius 3 is 1.51 bits per heavy atom. The van der Waals surface area contributed by atoms with Gasteiger partial charge in [0.15, 0.2) is 24.5 Å². The van der Waals surface area contributed by atoms with Crippen molar-refractivity contribution in [1.29, 1.82) is 0 Å².